The monoisotopic (exact) mass is 251 g/mol. The molecule has 1 fully saturated rings. The lowest BCUT2D eigenvalue weighted by Gasteiger charge is -2.29. The van der Waals surface area contributed by atoms with Gasteiger partial charge in [-0.05, 0) is 19.1 Å². The summed E-state index contributed by atoms with van der Waals surface area (Å²) in [5, 5.41) is 14.5. The summed E-state index contributed by atoms with van der Waals surface area (Å²) in [7, 11) is 0. The summed E-state index contributed by atoms with van der Waals surface area (Å²) in [6.45, 7) is 5.48. The second kappa shape index (κ2) is 5.68. The molecule has 0 spiro atoms. The molecule has 1 aliphatic heterocycles. The average Bonchev–Trinajstić information content (AvgIpc) is 2.39. The maximum absolute atomic E-state index is 11.2. The number of nitro benzene ring substituents is 1. The Hall–Kier alpha value is -1.82. The van der Waals surface area contributed by atoms with Gasteiger partial charge in [-0.1, -0.05) is 6.07 Å². The van der Waals surface area contributed by atoms with E-state index in [1.54, 1.807) is 18.2 Å². The number of rotatable bonds is 4. The summed E-state index contributed by atoms with van der Waals surface area (Å²) in [6, 6.07) is 5.23. The summed E-state index contributed by atoms with van der Waals surface area (Å²) in [5.41, 5.74) is 0.716. The van der Waals surface area contributed by atoms with Crippen molar-refractivity contribution in [3.05, 3.63) is 28.3 Å². The Kier molecular flexibility index (Phi) is 3.99. The molecule has 0 atom stereocenters. The van der Waals surface area contributed by atoms with Gasteiger partial charge in [0.1, 0.15) is 5.69 Å². The number of hydrogen-bond donors (Lipinski definition) is 1. The molecule has 0 aromatic heterocycles. The predicted molar refractivity (Wildman–Crippen MR) is 69.3 cm³/mol. The van der Waals surface area contributed by atoms with Gasteiger partial charge in [0.25, 0.3) is 0 Å². The van der Waals surface area contributed by atoms with Crippen LogP contribution in [0.4, 0.5) is 11.4 Å². The Morgan fingerprint density at radius 1 is 1.44 bits per heavy atom. The van der Waals surface area contributed by atoms with Crippen LogP contribution >= 0.6 is 0 Å². The normalized spacial score (nSPS) is 15.5. The fraction of sp³-hybridized carbons (Fsp3) is 0.500. The fourth-order valence-electron chi connectivity index (χ4n) is 2.13. The third-order valence-corrected chi connectivity index (χ3v) is 2.92. The minimum absolute atomic E-state index is 0.0706. The summed E-state index contributed by atoms with van der Waals surface area (Å²) in [4.78, 5) is 12.9. The van der Waals surface area contributed by atoms with Gasteiger partial charge >= 0.3 is 5.69 Å². The molecule has 0 unspecified atom stereocenters. The summed E-state index contributed by atoms with van der Waals surface area (Å²) in [6.07, 6.45) is 0. The van der Waals surface area contributed by atoms with Crippen LogP contribution in [-0.2, 0) is 0 Å². The SMILES string of the molecule is CCOc1cccc(N2CCNCC2)c1[N+](=O)[O-]. The molecule has 0 radical (unpaired) electrons. The number of piperazine rings is 1. The summed E-state index contributed by atoms with van der Waals surface area (Å²) in [5.74, 6) is 0.346. The number of benzene rings is 1. The number of anilines is 1. The zero-order valence-corrected chi connectivity index (χ0v) is 10.4. The van der Waals surface area contributed by atoms with E-state index in [0.29, 0.717) is 18.0 Å². The van der Waals surface area contributed by atoms with Gasteiger partial charge in [-0.3, -0.25) is 10.1 Å². The Bertz CT molecular complexity index is 431. The molecule has 1 saturated heterocycles. The molecule has 1 aromatic rings. The minimum atomic E-state index is -0.359. The van der Waals surface area contributed by atoms with E-state index in [0.717, 1.165) is 26.2 Å². The smallest absolute Gasteiger partial charge is 0.333 e. The highest BCUT2D eigenvalue weighted by molar-refractivity contribution is 5.70. The molecule has 0 aliphatic carbocycles. The predicted octanol–water partition coefficient (Wildman–Crippen LogP) is 1.40. The van der Waals surface area contributed by atoms with Crippen molar-refractivity contribution in [2.75, 3.05) is 37.7 Å². The average molecular weight is 251 g/mol. The zero-order valence-electron chi connectivity index (χ0n) is 10.4. The highest BCUT2D eigenvalue weighted by atomic mass is 16.6. The van der Waals surface area contributed by atoms with Gasteiger partial charge in [-0.25, -0.2) is 0 Å². The van der Waals surface area contributed by atoms with Gasteiger partial charge in [0.2, 0.25) is 0 Å². The first-order valence-electron chi connectivity index (χ1n) is 6.10. The van der Waals surface area contributed by atoms with Crippen LogP contribution in [0.5, 0.6) is 5.75 Å². The third kappa shape index (κ3) is 2.53. The van der Waals surface area contributed by atoms with Crippen LogP contribution in [0.2, 0.25) is 0 Å². The third-order valence-electron chi connectivity index (χ3n) is 2.92. The Labute approximate surface area is 106 Å². The first-order valence-corrected chi connectivity index (χ1v) is 6.10. The molecule has 0 bridgehead atoms. The highest BCUT2D eigenvalue weighted by Crippen LogP contribution is 2.37. The molecule has 2 rings (SSSR count). The Morgan fingerprint density at radius 3 is 2.78 bits per heavy atom. The molecule has 6 nitrogen and oxygen atoms in total. The molecule has 1 N–H and O–H groups in total. The first-order chi connectivity index (χ1) is 8.74. The van der Waals surface area contributed by atoms with Crippen LogP contribution in [0.15, 0.2) is 18.2 Å². The zero-order chi connectivity index (χ0) is 13.0. The maximum atomic E-state index is 11.2. The van der Waals surface area contributed by atoms with Crippen molar-refractivity contribution < 1.29 is 9.66 Å². The van der Waals surface area contributed by atoms with Crippen molar-refractivity contribution in [2.45, 2.75) is 6.92 Å². The number of para-hydroxylation sites is 1. The standard InChI is InChI=1S/C12H17N3O3/c1-2-18-11-5-3-4-10(12(11)15(16)17)14-8-6-13-7-9-14/h3-5,13H,2,6-9H2,1H3. The molecule has 0 saturated carbocycles. The number of ether oxygens (including phenoxy) is 1. The number of hydrogen-bond acceptors (Lipinski definition) is 5. The van der Waals surface area contributed by atoms with Crippen molar-refractivity contribution in [3.8, 4) is 5.75 Å². The molecule has 98 valence electrons. The number of nitrogens with zero attached hydrogens (tertiary/aromatic N) is 2. The Balaban J connectivity index is 2.38. The molecular weight excluding hydrogens is 234 g/mol. The lowest BCUT2D eigenvalue weighted by atomic mass is 10.2. The van der Waals surface area contributed by atoms with Crippen LogP contribution in [0.25, 0.3) is 0 Å². The molecule has 0 amide bonds. The molecule has 1 aromatic carbocycles. The van der Waals surface area contributed by atoms with Crippen LogP contribution in [0.1, 0.15) is 6.92 Å². The molecule has 1 aliphatic rings. The van der Waals surface area contributed by atoms with Crippen molar-refractivity contribution >= 4 is 11.4 Å². The van der Waals surface area contributed by atoms with E-state index in [2.05, 4.69) is 5.32 Å². The molecular formula is C12H17N3O3. The lowest BCUT2D eigenvalue weighted by molar-refractivity contribution is -0.385. The van der Waals surface area contributed by atoms with Gasteiger partial charge in [0.15, 0.2) is 5.75 Å². The second-order valence-electron chi connectivity index (χ2n) is 4.05. The van der Waals surface area contributed by atoms with E-state index < -0.39 is 0 Å². The van der Waals surface area contributed by atoms with E-state index in [1.807, 2.05) is 11.8 Å². The molecule has 6 heteroatoms. The molecule has 1 heterocycles. The Morgan fingerprint density at radius 2 is 2.17 bits per heavy atom. The van der Waals surface area contributed by atoms with Crippen LogP contribution in [0, 0.1) is 10.1 Å². The maximum Gasteiger partial charge on any atom is 0.333 e. The molecule has 18 heavy (non-hydrogen) atoms. The minimum Gasteiger partial charge on any atom is -0.487 e. The van der Waals surface area contributed by atoms with Gasteiger partial charge in [-0.15, -0.1) is 0 Å². The van der Waals surface area contributed by atoms with Gasteiger partial charge < -0.3 is 15.0 Å². The van der Waals surface area contributed by atoms with E-state index >= 15 is 0 Å². The second-order valence-corrected chi connectivity index (χ2v) is 4.05. The first kappa shape index (κ1) is 12.6. The summed E-state index contributed by atoms with van der Waals surface area (Å²) >= 11 is 0. The fourth-order valence-corrected chi connectivity index (χ4v) is 2.13. The van der Waals surface area contributed by atoms with Crippen LogP contribution < -0.4 is 15.0 Å². The van der Waals surface area contributed by atoms with Crippen LogP contribution in [0.3, 0.4) is 0 Å². The quantitative estimate of drug-likeness (QED) is 0.647. The van der Waals surface area contributed by atoms with Crippen molar-refractivity contribution in [2.24, 2.45) is 0 Å². The van der Waals surface area contributed by atoms with E-state index in [4.69, 9.17) is 4.74 Å². The van der Waals surface area contributed by atoms with Gasteiger partial charge in [-0.2, -0.15) is 0 Å². The van der Waals surface area contributed by atoms with Crippen molar-refractivity contribution in [1.29, 1.82) is 0 Å². The van der Waals surface area contributed by atoms with Gasteiger partial charge in [0.05, 0.1) is 11.5 Å². The van der Waals surface area contributed by atoms with Crippen molar-refractivity contribution in [1.82, 2.24) is 5.32 Å². The van der Waals surface area contributed by atoms with E-state index in [9.17, 15) is 10.1 Å². The number of nitro groups is 1. The lowest BCUT2D eigenvalue weighted by Crippen LogP contribution is -2.43. The number of nitrogens with one attached hydrogen (secondary N) is 1. The topological polar surface area (TPSA) is 67.6 Å². The van der Waals surface area contributed by atoms with Gasteiger partial charge in [0, 0.05) is 26.2 Å². The van der Waals surface area contributed by atoms with E-state index in [-0.39, 0.29) is 10.6 Å². The van der Waals surface area contributed by atoms with Crippen molar-refractivity contribution in [3.63, 3.8) is 0 Å². The largest absolute Gasteiger partial charge is 0.487 e. The summed E-state index contributed by atoms with van der Waals surface area (Å²) < 4.78 is 5.35. The van der Waals surface area contributed by atoms with Crippen LogP contribution in [-0.4, -0.2) is 37.7 Å². The highest BCUT2D eigenvalue weighted by Gasteiger charge is 2.25. The van der Waals surface area contributed by atoms with E-state index in [1.165, 1.54) is 0 Å².